The van der Waals surface area contributed by atoms with E-state index < -0.39 is 0 Å². The Morgan fingerprint density at radius 1 is 1.14 bits per heavy atom. The molecule has 0 spiro atoms. The van der Waals surface area contributed by atoms with Crippen LogP contribution in [0.3, 0.4) is 0 Å². The minimum atomic E-state index is -0.101. The number of ether oxygens (including phenoxy) is 3. The summed E-state index contributed by atoms with van der Waals surface area (Å²) in [5.74, 6) is 1.11. The lowest BCUT2D eigenvalue weighted by atomic mass is 10.2. The molecule has 0 bridgehead atoms. The number of hydrogen-bond donors (Lipinski definition) is 1. The average molecular weight is 313 g/mol. The van der Waals surface area contributed by atoms with Gasteiger partial charge < -0.3 is 19.5 Å². The molecule has 21 heavy (non-hydrogen) atoms. The lowest BCUT2D eigenvalue weighted by molar-refractivity contribution is -0.118. The maximum atomic E-state index is 12.1. The third kappa shape index (κ3) is 3.58. The van der Waals surface area contributed by atoms with E-state index in [2.05, 4.69) is 5.32 Å². The summed E-state index contributed by atoms with van der Waals surface area (Å²) in [6, 6.07) is 3.37. The van der Waals surface area contributed by atoms with E-state index in [9.17, 15) is 4.79 Å². The molecule has 1 fully saturated rings. The number of halogens is 1. The Bertz CT molecular complexity index is 532. The van der Waals surface area contributed by atoms with Gasteiger partial charge in [0.15, 0.2) is 11.5 Å². The van der Waals surface area contributed by atoms with Gasteiger partial charge in [0, 0.05) is 25.2 Å². The summed E-state index contributed by atoms with van der Waals surface area (Å²) in [4.78, 5) is 14.1. The van der Waals surface area contributed by atoms with Crippen molar-refractivity contribution in [2.24, 2.45) is 0 Å². The molecule has 1 saturated heterocycles. The van der Waals surface area contributed by atoms with E-state index in [0.29, 0.717) is 55.2 Å². The topological polar surface area (TPSA) is 60.0 Å². The fraction of sp³-hybridized carbons (Fsp3) is 0.500. The zero-order valence-electron chi connectivity index (χ0n) is 11.6. The van der Waals surface area contributed by atoms with Crippen molar-refractivity contribution in [3.63, 3.8) is 0 Å². The van der Waals surface area contributed by atoms with Crippen LogP contribution >= 0.6 is 11.6 Å². The van der Waals surface area contributed by atoms with Crippen molar-refractivity contribution in [2.45, 2.75) is 0 Å². The molecule has 2 heterocycles. The minimum Gasteiger partial charge on any atom is -0.486 e. The fourth-order valence-corrected chi connectivity index (χ4v) is 2.51. The summed E-state index contributed by atoms with van der Waals surface area (Å²) in [6.07, 6.45) is 0. The van der Waals surface area contributed by atoms with Crippen LogP contribution in [0.1, 0.15) is 0 Å². The summed E-state index contributed by atoms with van der Waals surface area (Å²) in [7, 11) is 0. The normalized spacial score (nSPS) is 18.3. The van der Waals surface area contributed by atoms with Crippen LogP contribution in [0.5, 0.6) is 11.5 Å². The summed E-state index contributed by atoms with van der Waals surface area (Å²) >= 11 is 6.16. The van der Waals surface area contributed by atoms with Crippen LogP contribution in [0.25, 0.3) is 0 Å². The molecule has 1 amide bonds. The highest BCUT2D eigenvalue weighted by molar-refractivity contribution is 6.34. The molecule has 0 aromatic heterocycles. The number of fused-ring (bicyclic) bond motifs is 1. The molecule has 3 rings (SSSR count). The van der Waals surface area contributed by atoms with Gasteiger partial charge >= 0.3 is 0 Å². The monoisotopic (exact) mass is 312 g/mol. The standard InChI is InChI=1S/C14H17ClN2O4/c15-10-7-12-13(21-6-5-20-12)8-11(10)16-14(18)9-17-1-3-19-4-2-17/h7-8H,1-6,9H2,(H,16,18). The maximum absolute atomic E-state index is 12.1. The highest BCUT2D eigenvalue weighted by Crippen LogP contribution is 2.37. The molecule has 0 unspecified atom stereocenters. The molecule has 0 radical (unpaired) electrons. The summed E-state index contributed by atoms with van der Waals surface area (Å²) < 4.78 is 16.2. The molecule has 114 valence electrons. The molecule has 6 nitrogen and oxygen atoms in total. The molecule has 0 aliphatic carbocycles. The SMILES string of the molecule is O=C(CN1CCOCC1)Nc1cc2c(cc1Cl)OCCO2. The second kappa shape index (κ2) is 6.51. The van der Waals surface area contributed by atoms with Crippen LogP contribution in [0.4, 0.5) is 5.69 Å². The van der Waals surface area contributed by atoms with Crippen molar-refractivity contribution in [3.05, 3.63) is 17.2 Å². The van der Waals surface area contributed by atoms with E-state index in [1.807, 2.05) is 4.90 Å². The van der Waals surface area contributed by atoms with Crippen molar-refractivity contribution in [3.8, 4) is 11.5 Å². The van der Waals surface area contributed by atoms with Gasteiger partial charge in [0.05, 0.1) is 30.5 Å². The van der Waals surface area contributed by atoms with Crippen LogP contribution in [0.15, 0.2) is 12.1 Å². The van der Waals surface area contributed by atoms with Gasteiger partial charge in [-0.3, -0.25) is 9.69 Å². The lowest BCUT2D eigenvalue weighted by Gasteiger charge is -2.26. The second-order valence-electron chi connectivity index (χ2n) is 4.91. The van der Waals surface area contributed by atoms with Crippen molar-refractivity contribution >= 4 is 23.2 Å². The Kier molecular flexibility index (Phi) is 4.48. The summed E-state index contributed by atoms with van der Waals surface area (Å²) in [6.45, 7) is 4.19. The largest absolute Gasteiger partial charge is 0.486 e. The van der Waals surface area contributed by atoms with Gasteiger partial charge in [0.2, 0.25) is 5.91 Å². The Morgan fingerprint density at radius 3 is 2.52 bits per heavy atom. The highest BCUT2D eigenvalue weighted by atomic mass is 35.5. The number of benzene rings is 1. The van der Waals surface area contributed by atoms with E-state index in [-0.39, 0.29) is 5.91 Å². The first-order valence-electron chi connectivity index (χ1n) is 6.91. The fourth-order valence-electron chi connectivity index (χ4n) is 2.31. The lowest BCUT2D eigenvalue weighted by Crippen LogP contribution is -2.41. The van der Waals surface area contributed by atoms with Crippen LogP contribution in [-0.2, 0) is 9.53 Å². The predicted octanol–water partition coefficient (Wildman–Crippen LogP) is 1.38. The number of anilines is 1. The molecule has 0 atom stereocenters. The van der Waals surface area contributed by atoms with Crippen molar-refractivity contribution < 1.29 is 19.0 Å². The van der Waals surface area contributed by atoms with E-state index in [1.165, 1.54) is 0 Å². The maximum Gasteiger partial charge on any atom is 0.238 e. The summed E-state index contributed by atoms with van der Waals surface area (Å²) in [5.41, 5.74) is 0.541. The number of nitrogens with zero attached hydrogens (tertiary/aromatic N) is 1. The van der Waals surface area contributed by atoms with Gasteiger partial charge in [0.1, 0.15) is 13.2 Å². The molecule has 2 aliphatic heterocycles. The molecule has 7 heteroatoms. The second-order valence-corrected chi connectivity index (χ2v) is 5.32. The number of carbonyl (C=O) groups is 1. The molecule has 0 saturated carbocycles. The molecule has 1 N–H and O–H groups in total. The molecular formula is C14H17ClN2O4. The van der Waals surface area contributed by atoms with Crippen LogP contribution < -0.4 is 14.8 Å². The van der Waals surface area contributed by atoms with Gasteiger partial charge in [-0.05, 0) is 0 Å². The Balaban J connectivity index is 1.65. The zero-order chi connectivity index (χ0) is 14.7. The first-order chi connectivity index (χ1) is 10.2. The van der Waals surface area contributed by atoms with Gasteiger partial charge in [-0.1, -0.05) is 11.6 Å². The zero-order valence-corrected chi connectivity index (χ0v) is 12.3. The average Bonchev–Trinajstić information content (AvgIpc) is 2.49. The third-order valence-corrected chi connectivity index (χ3v) is 3.69. The van der Waals surface area contributed by atoms with E-state index >= 15 is 0 Å². The number of carbonyl (C=O) groups excluding carboxylic acids is 1. The van der Waals surface area contributed by atoms with E-state index in [4.69, 9.17) is 25.8 Å². The number of hydrogen-bond acceptors (Lipinski definition) is 5. The predicted molar refractivity (Wildman–Crippen MR) is 78.3 cm³/mol. The van der Waals surface area contributed by atoms with E-state index in [1.54, 1.807) is 12.1 Å². The summed E-state index contributed by atoms with van der Waals surface area (Å²) in [5, 5.41) is 3.26. The Hall–Kier alpha value is -1.50. The number of nitrogens with one attached hydrogen (secondary N) is 1. The Labute approximate surface area is 127 Å². The molecular weight excluding hydrogens is 296 g/mol. The van der Waals surface area contributed by atoms with Gasteiger partial charge in [0.25, 0.3) is 0 Å². The molecule has 2 aliphatic rings. The van der Waals surface area contributed by atoms with E-state index in [0.717, 1.165) is 13.1 Å². The third-order valence-electron chi connectivity index (χ3n) is 3.38. The smallest absolute Gasteiger partial charge is 0.238 e. The van der Waals surface area contributed by atoms with Crippen molar-refractivity contribution in [1.29, 1.82) is 0 Å². The van der Waals surface area contributed by atoms with Crippen molar-refractivity contribution in [2.75, 3.05) is 51.4 Å². The minimum absolute atomic E-state index is 0.101. The van der Waals surface area contributed by atoms with Gasteiger partial charge in [-0.25, -0.2) is 0 Å². The van der Waals surface area contributed by atoms with Crippen LogP contribution in [-0.4, -0.2) is 56.9 Å². The number of amides is 1. The first kappa shape index (κ1) is 14.4. The van der Waals surface area contributed by atoms with Crippen LogP contribution in [0.2, 0.25) is 5.02 Å². The first-order valence-corrected chi connectivity index (χ1v) is 7.29. The van der Waals surface area contributed by atoms with Gasteiger partial charge in [-0.15, -0.1) is 0 Å². The van der Waals surface area contributed by atoms with Gasteiger partial charge in [-0.2, -0.15) is 0 Å². The number of rotatable bonds is 3. The molecule has 1 aromatic rings. The molecule has 1 aromatic carbocycles. The van der Waals surface area contributed by atoms with Crippen LogP contribution in [0, 0.1) is 0 Å². The number of morpholine rings is 1. The highest BCUT2D eigenvalue weighted by Gasteiger charge is 2.18. The quantitative estimate of drug-likeness (QED) is 0.914. The van der Waals surface area contributed by atoms with Crippen molar-refractivity contribution in [1.82, 2.24) is 4.90 Å². The Morgan fingerprint density at radius 2 is 1.81 bits per heavy atom.